The predicted octanol–water partition coefficient (Wildman–Crippen LogP) is 5.76. The Morgan fingerprint density at radius 1 is 0.964 bits per heavy atom. The standard InChI is InChI=1S/C24H20N2O2/c1-16-8-10-19(14-17(16)2)24-26-21-15-20(11-12-22(21)28-24)25-23(27)13-9-18-6-4-3-5-7-18/h3-15H,1-2H3,(H,25,27)/b13-9+. The van der Waals surface area contributed by atoms with Crippen LogP contribution in [0.4, 0.5) is 5.69 Å². The minimum atomic E-state index is -0.193. The number of oxazole rings is 1. The minimum Gasteiger partial charge on any atom is -0.436 e. The highest BCUT2D eigenvalue weighted by Crippen LogP contribution is 2.27. The fraction of sp³-hybridized carbons (Fsp3) is 0.0833. The largest absolute Gasteiger partial charge is 0.436 e. The number of carbonyl (C=O) groups is 1. The maximum absolute atomic E-state index is 12.2. The molecule has 0 aliphatic rings. The summed E-state index contributed by atoms with van der Waals surface area (Å²) >= 11 is 0. The van der Waals surface area contributed by atoms with Crippen molar-refractivity contribution in [1.82, 2.24) is 4.98 Å². The maximum atomic E-state index is 12.2. The number of carbonyl (C=O) groups excluding carboxylic acids is 1. The van der Waals surface area contributed by atoms with Gasteiger partial charge in [0, 0.05) is 17.3 Å². The van der Waals surface area contributed by atoms with Crippen LogP contribution in [0.1, 0.15) is 16.7 Å². The van der Waals surface area contributed by atoms with Gasteiger partial charge in [-0.3, -0.25) is 4.79 Å². The number of aromatic nitrogens is 1. The van der Waals surface area contributed by atoms with Gasteiger partial charge in [-0.05, 0) is 66.9 Å². The van der Waals surface area contributed by atoms with Crippen LogP contribution in [0.2, 0.25) is 0 Å². The molecule has 0 aliphatic heterocycles. The van der Waals surface area contributed by atoms with E-state index in [0.29, 0.717) is 22.7 Å². The van der Waals surface area contributed by atoms with E-state index in [0.717, 1.165) is 11.1 Å². The molecule has 0 unspecified atom stereocenters. The molecule has 28 heavy (non-hydrogen) atoms. The monoisotopic (exact) mass is 368 g/mol. The van der Waals surface area contributed by atoms with E-state index in [-0.39, 0.29) is 5.91 Å². The van der Waals surface area contributed by atoms with Crippen molar-refractivity contribution in [2.75, 3.05) is 5.32 Å². The number of nitrogens with zero attached hydrogens (tertiary/aromatic N) is 1. The molecule has 1 aromatic heterocycles. The Morgan fingerprint density at radius 2 is 1.79 bits per heavy atom. The van der Waals surface area contributed by atoms with Crippen LogP contribution in [0.15, 0.2) is 77.2 Å². The third-order valence-electron chi connectivity index (χ3n) is 4.64. The summed E-state index contributed by atoms with van der Waals surface area (Å²) in [6.07, 6.45) is 3.30. The van der Waals surface area contributed by atoms with E-state index in [2.05, 4.69) is 36.3 Å². The van der Waals surface area contributed by atoms with Crippen molar-refractivity contribution in [3.05, 3.63) is 89.5 Å². The number of hydrogen-bond acceptors (Lipinski definition) is 3. The third kappa shape index (κ3) is 3.86. The van der Waals surface area contributed by atoms with Crippen LogP contribution in [0.5, 0.6) is 0 Å². The summed E-state index contributed by atoms with van der Waals surface area (Å²) in [5.41, 5.74) is 6.41. The first-order valence-corrected chi connectivity index (χ1v) is 9.11. The quantitative estimate of drug-likeness (QED) is 0.466. The Bertz CT molecular complexity index is 1170. The molecule has 0 saturated heterocycles. The fourth-order valence-corrected chi connectivity index (χ4v) is 2.92. The molecule has 138 valence electrons. The molecule has 0 spiro atoms. The van der Waals surface area contributed by atoms with E-state index in [1.165, 1.54) is 17.2 Å². The Labute approximate surface area is 163 Å². The average Bonchev–Trinajstić information content (AvgIpc) is 3.13. The number of nitrogens with one attached hydrogen (secondary N) is 1. The lowest BCUT2D eigenvalue weighted by molar-refractivity contribution is -0.111. The van der Waals surface area contributed by atoms with E-state index in [1.54, 1.807) is 6.08 Å². The van der Waals surface area contributed by atoms with Gasteiger partial charge in [0.1, 0.15) is 5.52 Å². The first-order valence-electron chi connectivity index (χ1n) is 9.11. The van der Waals surface area contributed by atoms with Crippen molar-refractivity contribution >= 4 is 28.8 Å². The van der Waals surface area contributed by atoms with Crippen LogP contribution in [0.3, 0.4) is 0 Å². The van der Waals surface area contributed by atoms with Gasteiger partial charge < -0.3 is 9.73 Å². The maximum Gasteiger partial charge on any atom is 0.248 e. The van der Waals surface area contributed by atoms with Gasteiger partial charge in [0.2, 0.25) is 11.8 Å². The molecule has 0 bridgehead atoms. The van der Waals surface area contributed by atoms with Crippen molar-refractivity contribution in [3.8, 4) is 11.5 Å². The van der Waals surface area contributed by atoms with Crippen LogP contribution in [0, 0.1) is 13.8 Å². The van der Waals surface area contributed by atoms with Crippen molar-refractivity contribution in [2.24, 2.45) is 0 Å². The predicted molar refractivity (Wildman–Crippen MR) is 113 cm³/mol. The number of benzene rings is 3. The van der Waals surface area contributed by atoms with E-state index in [9.17, 15) is 4.79 Å². The molecule has 0 aliphatic carbocycles. The van der Waals surface area contributed by atoms with Gasteiger partial charge in [0.15, 0.2) is 5.58 Å². The molecule has 1 amide bonds. The Kier molecular flexibility index (Phi) is 4.77. The summed E-state index contributed by atoms with van der Waals surface area (Å²) < 4.78 is 5.88. The molecule has 4 heteroatoms. The molecule has 4 aromatic rings. The number of fused-ring (bicyclic) bond motifs is 1. The van der Waals surface area contributed by atoms with Crippen molar-refractivity contribution in [3.63, 3.8) is 0 Å². The zero-order valence-electron chi connectivity index (χ0n) is 15.8. The lowest BCUT2D eigenvalue weighted by Crippen LogP contribution is -2.07. The number of hydrogen-bond donors (Lipinski definition) is 1. The molecule has 0 atom stereocenters. The highest BCUT2D eigenvalue weighted by atomic mass is 16.3. The SMILES string of the molecule is Cc1ccc(-c2nc3cc(NC(=O)/C=C/c4ccccc4)ccc3o2)cc1C. The van der Waals surface area contributed by atoms with Crippen LogP contribution < -0.4 is 5.32 Å². The first-order chi connectivity index (χ1) is 13.6. The van der Waals surface area contributed by atoms with Gasteiger partial charge in [-0.2, -0.15) is 0 Å². The molecule has 0 radical (unpaired) electrons. The lowest BCUT2D eigenvalue weighted by Gasteiger charge is -2.01. The Balaban J connectivity index is 1.53. The van der Waals surface area contributed by atoms with Crippen molar-refractivity contribution in [1.29, 1.82) is 0 Å². The van der Waals surface area contributed by atoms with Crippen molar-refractivity contribution < 1.29 is 9.21 Å². The van der Waals surface area contributed by atoms with Crippen LogP contribution >= 0.6 is 0 Å². The summed E-state index contributed by atoms with van der Waals surface area (Å²) in [6.45, 7) is 4.14. The van der Waals surface area contributed by atoms with E-state index in [4.69, 9.17) is 4.42 Å². The first kappa shape index (κ1) is 17.7. The fourth-order valence-electron chi connectivity index (χ4n) is 2.92. The van der Waals surface area contributed by atoms with Crippen LogP contribution in [-0.4, -0.2) is 10.9 Å². The van der Waals surface area contributed by atoms with Crippen LogP contribution in [-0.2, 0) is 4.79 Å². The molecule has 0 fully saturated rings. The highest BCUT2D eigenvalue weighted by Gasteiger charge is 2.10. The van der Waals surface area contributed by atoms with Gasteiger partial charge in [-0.15, -0.1) is 0 Å². The second-order valence-corrected chi connectivity index (χ2v) is 6.73. The van der Waals surface area contributed by atoms with Gasteiger partial charge in [-0.25, -0.2) is 4.98 Å². The Hall–Kier alpha value is -3.66. The molecule has 3 aromatic carbocycles. The van der Waals surface area contributed by atoms with E-state index in [1.807, 2.05) is 54.6 Å². The second-order valence-electron chi connectivity index (χ2n) is 6.73. The second kappa shape index (κ2) is 7.53. The van der Waals surface area contributed by atoms with Gasteiger partial charge >= 0.3 is 0 Å². The average molecular weight is 368 g/mol. The van der Waals surface area contributed by atoms with E-state index < -0.39 is 0 Å². The number of rotatable bonds is 4. The normalized spacial score (nSPS) is 11.2. The summed E-state index contributed by atoms with van der Waals surface area (Å²) in [4.78, 5) is 16.8. The summed E-state index contributed by atoms with van der Waals surface area (Å²) in [5, 5.41) is 2.86. The summed E-state index contributed by atoms with van der Waals surface area (Å²) in [7, 11) is 0. The Morgan fingerprint density at radius 3 is 2.57 bits per heavy atom. The number of anilines is 1. The molecule has 4 rings (SSSR count). The molecular weight excluding hydrogens is 348 g/mol. The minimum absolute atomic E-state index is 0.193. The number of amides is 1. The van der Waals surface area contributed by atoms with Gasteiger partial charge in [0.05, 0.1) is 0 Å². The molecule has 0 saturated carbocycles. The summed E-state index contributed by atoms with van der Waals surface area (Å²) in [6, 6.07) is 21.3. The van der Waals surface area contributed by atoms with E-state index >= 15 is 0 Å². The molecule has 1 N–H and O–H groups in total. The molecular formula is C24H20N2O2. The summed E-state index contributed by atoms with van der Waals surface area (Å²) in [5.74, 6) is 0.381. The number of aryl methyl sites for hydroxylation is 2. The zero-order valence-corrected chi connectivity index (χ0v) is 15.8. The third-order valence-corrected chi connectivity index (χ3v) is 4.64. The molecule has 1 heterocycles. The zero-order chi connectivity index (χ0) is 19.5. The lowest BCUT2D eigenvalue weighted by atomic mass is 10.1. The van der Waals surface area contributed by atoms with Crippen molar-refractivity contribution in [2.45, 2.75) is 13.8 Å². The topological polar surface area (TPSA) is 55.1 Å². The highest BCUT2D eigenvalue weighted by molar-refractivity contribution is 6.02. The van der Waals surface area contributed by atoms with Gasteiger partial charge in [0.25, 0.3) is 0 Å². The molecule has 4 nitrogen and oxygen atoms in total. The smallest absolute Gasteiger partial charge is 0.248 e. The van der Waals surface area contributed by atoms with Gasteiger partial charge in [-0.1, -0.05) is 36.4 Å². The van der Waals surface area contributed by atoms with Crippen LogP contribution in [0.25, 0.3) is 28.6 Å².